The summed E-state index contributed by atoms with van der Waals surface area (Å²) < 4.78 is 21.3. The highest BCUT2D eigenvalue weighted by Crippen LogP contribution is 2.42. The van der Waals surface area contributed by atoms with Crippen LogP contribution >= 0.6 is 0 Å². The molecule has 0 saturated heterocycles. The maximum atomic E-state index is 12.0. The Hall–Kier alpha value is -2.66. The van der Waals surface area contributed by atoms with Crippen LogP contribution in [0.5, 0.6) is 17.2 Å². The first-order valence-corrected chi connectivity index (χ1v) is 12.8. The summed E-state index contributed by atoms with van der Waals surface area (Å²) in [6.45, 7) is 7.81. The minimum absolute atomic E-state index is 0.302. The van der Waals surface area contributed by atoms with Gasteiger partial charge in [-0.3, -0.25) is 4.79 Å². The predicted octanol–water partition coefficient (Wildman–Crippen LogP) is 2.55. The summed E-state index contributed by atoms with van der Waals surface area (Å²) in [5.74, 6) is 3.91. The van der Waals surface area contributed by atoms with Crippen LogP contribution in [-0.4, -0.2) is 54.4 Å². The lowest BCUT2D eigenvalue weighted by Crippen LogP contribution is -2.40. The molecule has 0 aromatic heterocycles. The summed E-state index contributed by atoms with van der Waals surface area (Å²) >= 11 is 0. The zero-order chi connectivity index (χ0) is 22.2. The molecule has 29 heavy (non-hydrogen) atoms. The van der Waals surface area contributed by atoms with E-state index in [0.717, 1.165) is 5.56 Å². The van der Waals surface area contributed by atoms with Crippen LogP contribution in [0.25, 0.3) is 0 Å². The zero-order valence-electron chi connectivity index (χ0n) is 18.5. The zero-order valence-corrected chi connectivity index (χ0v) is 19.5. The van der Waals surface area contributed by atoms with E-state index in [1.54, 1.807) is 21.3 Å². The Kier molecular flexibility index (Phi) is 9.05. The molecule has 1 rings (SSSR count). The Morgan fingerprint density at radius 2 is 1.69 bits per heavy atom. The molecule has 7 nitrogen and oxygen atoms in total. The molecule has 160 valence electrons. The number of amides is 1. The molecule has 1 N–H and O–H groups in total. The van der Waals surface area contributed by atoms with Gasteiger partial charge in [0.05, 0.1) is 34.0 Å². The molecule has 0 radical (unpaired) electrons. The molecule has 0 aliphatic rings. The van der Waals surface area contributed by atoms with Crippen molar-refractivity contribution in [2.45, 2.75) is 45.4 Å². The number of hydrogen-bond donors (Lipinski definition) is 1. The van der Waals surface area contributed by atoms with E-state index in [4.69, 9.17) is 18.9 Å². The van der Waals surface area contributed by atoms with E-state index in [9.17, 15) is 9.59 Å². The van der Waals surface area contributed by atoms with Gasteiger partial charge in [-0.25, -0.2) is 4.79 Å². The minimum atomic E-state index is -1.66. The summed E-state index contributed by atoms with van der Waals surface area (Å²) in [5.41, 5.74) is 4.88. The van der Waals surface area contributed by atoms with E-state index < -0.39 is 20.1 Å². The number of ether oxygens (including phenoxy) is 4. The molecule has 1 aromatic carbocycles. The summed E-state index contributed by atoms with van der Waals surface area (Å²) in [4.78, 5) is 23.5. The molecular weight excluding hydrogens is 390 g/mol. The van der Waals surface area contributed by atoms with Crippen molar-refractivity contribution in [1.29, 1.82) is 0 Å². The van der Waals surface area contributed by atoms with E-state index in [0.29, 0.717) is 35.7 Å². The summed E-state index contributed by atoms with van der Waals surface area (Å²) in [6, 6.07) is 1.08. The van der Waals surface area contributed by atoms with Crippen molar-refractivity contribution in [3.63, 3.8) is 0 Å². The quantitative estimate of drug-likeness (QED) is 0.395. The average molecular weight is 422 g/mol. The van der Waals surface area contributed by atoms with E-state index in [2.05, 4.69) is 36.4 Å². The number of aryl methyl sites for hydroxylation is 1. The van der Waals surface area contributed by atoms with Gasteiger partial charge in [0.15, 0.2) is 11.5 Å². The Labute approximate surface area is 174 Å². The van der Waals surface area contributed by atoms with Crippen LogP contribution in [0.1, 0.15) is 24.5 Å². The second-order valence-corrected chi connectivity index (χ2v) is 12.2. The van der Waals surface area contributed by atoms with Gasteiger partial charge >= 0.3 is 5.97 Å². The smallest absolute Gasteiger partial charge is 0.328 e. The first kappa shape index (κ1) is 24.4. The number of esters is 1. The average Bonchev–Trinajstić information content (AvgIpc) is 2.66. The van der Waals surface area contributed by atoms with E-state index in [1.165, 1.54) is 14.0 Å². The van der Waals surface area contributed by atoms with Crippen molar-refractivity contribution >= 4 is 20.0 Å². The van der Waals surface area contributed by atoms with E-state index >= 15 is 0 Å². The molecule has 0 spiro atoms. The SMILES string of the molecule is COC(=O)[C@H](CCc1cc(OC)c(OC)c(OC)c1C#C[Si](C)(C)C)NC(C)=O. The van der Waals surface area contributed by atoms with Crippen LogP contribution in [0, 0.1) is 11.5 Å². The minimum Gasteiger partial charge on any atom is -0.493 e. The molecule has 0 heterocycles. The van der Waals surface area contributed by atoms with Crippen molar-refractivity contribution in [3.8, 4) is 28.7 Å². The fraction of sp³-hybridized carbons (Fsp3) is 0.524. The van der Waals surface area contributed by atoms with Gasteiger partial charge in [-0.05, 0) is 24.5 Å². The maximum Gasteiger partial charge on any atom is 0.328 e. The largest absolute Gasteiger partial charge is 0.493 e. The summed E-state index contributed by atoms with van der Waals surface area (Å²) in [7, 11) is 4.27. The molecule has 0 bridgehead atoms. The standard InChI is InChI=1S/C21H31NO6Si/c1-14(23)22-17(21(24)28-5)10-9-15-13-18(25-2)20(27-4)19(26-3)16(15)11-12-29(6,7)8/h13,17H,9-10H2,1-8H3,(H,22,23)/t17-/m0/s1. The number of carbonyl (C=O) groups is 2. The van der Waals surface area contributed by atoms with E-state index in [-0.39, 0.29) is 5.91 Å². The highest BCUT2D eigenvalue weighted by molar-refractivity contribution is 6.83. The van der Waals surface area contributed by atoms with E-state index in [1.807, 2.05) is 6.07 Å². The second-order valence-electron chi connectivity index (χ2n) is 7.49. The fourth-order valence-electron chi connectivity index (χ4n) is 2.73. The Morgan fingerprint density at radius 3 is 2.14 bits per heavy atom. The molecule has 0 saturated carbocycles. The van der Waals surface area contributed by atoms with Crippen LogP contribution in [-0.2, 0) is 20.7 Å². The van der Waals surface area contributed by atoms with Gasteiger partial charge in [-0.1, -0.05) is 25.6 Å². The highest BCUT2D eigenvalue weighted by Gasteiger charge is 2.24. The molecule has 0 aliphatic heterocycles. The molecule has 1 atom stereocenters. The van der Waals surface area contributed by atoms with Crippen LogP contribution in [0.15, 0.2) is 6.07 Å². The molecule has 8 heteroatoms. The van der Waals surface area contributed by atoms with Gasteiger partial charge in [-0.2, -0.15) is 0 Å². The van der Waals surface area contributed by atoms with Crippen LogP contribution in [0.3, 0.4) is 0 Å². The molecule has 1 aromatic rings. The first-order chi connectivity index (χ1) is 13.6. The molecule has 1 amide bonds. The molecular formula is C21H31NO6Si. The van der Waals surface area contributed by atoms with Gasteiger partial charge in [0.1, 0.15) is 14.1 Å². The summed E-state index contributed by atoms with van der Waals surface area (Å²) in [6.07, 6.45) is 0.791. The summed E-state index contributed by atoms with van der Waals surface area (Å²) in [5, 5.41) is 2.63. The van der Waals surface area contributed by atoms with Gasteiger partial charge in [0, 0.05) is 6.92 Å². The van der Waals surface area contributed by atoms with Crippen molar-refractivity contribution < 1.29 is 28.5 Å². The number of carbonyl (C=O) groups excluding carboxylic acids is 2. The van der Waals surface area contributed by atoms with Crippen LogP contribution in [0.4, 0.5) is 0 Å². The van der Waals surface area contributed by atoms with Crippen molar-refractivity contribution in [1.82, 2.24) is 5.32 Å². The third-order valence-electron chi connectivity index (χ3n) is 4.04. The van der Waals surface area contributed by atoms with Crippen LogP contribution < -0.4 is 19.5 Å². The maximum absolute atomic E-state index is 12.0. The number of hydrogen-bond acceptors (Lipinski definition) is 6. The fourth-order valence-corrected chi connectivity index (χ4v) is 3.23. The highest BCUT2D eigenvalue weighted by atomic mass is 28.3. The topological polar surface area (TPSA) is 83.1 Å². The number of nitrogens with one attached hydrogen (secondary N) is 1. The van der Waals surface area contributed by atoms with Crippen LogP contribution in [0.2, 0.25) is 19.6 Å². The van der Waals surface area contributed by atoms with Gasteiger partial charge in [0.2, 0.25) is 11.7 Å². The third-order valence-corrected chi connectivity index (χ3v) is 4.91. The number of rotatable bonds is 8. The second kappa shape index (κ2) is 10.8. The number of benzene rings is 1. The Balaban J connectivity index is 3.47. The van der Waals surface area contributed by atoms with Gasteiger partial charge < -0.3 is 24.3 Å². The number of methoxy groups -OCH3 is 4. The molecule has 0 fully saturated rings. The lowest BCUT2D eigenvalue weighted by atomic mass is 9.98. The normalized spacial score (nSPS) is 11.6. The Morgan fingerprint density at radius 1 is 1.07 bits per heavy atom. The third kappa shape index (κ3) is 7.02. The van der Waals surface area contributed by atoms with Crippen molar-refractivity contribution in [2.75, 3.05) is 28.4 Å². The lowest BCUT2D eigenvalue weighted by molar-refractivity contribution is -0.145. The Bertz CT molecular complexity index is 804. The lowest BCUT2D eigenvalue weighted by Gasteiger charge is -2.19. The van der Waals surface area contributed by atoms with Crippen molar-refractivity contribution in [3.05, 3.63) is 17.2 Å². The molecule has 0 unspecified atom stereocenters. The predicted molar refractivity (Wildman–Crippen MR) is 114 cm³/mol. The monoisotopic (exact) mass is 421 g/mol. The first-order valence-electron chi connectivity index (χ1n) is 9.27. The molecule has 0 aliphatic carbocycles. The van der Waals surface area contributed by atoms with Crippen molar-refractivity contribution in [2.24, 2.45) is 0 Å². The van der Waals surface area contributed by atoms with Gasteiger partial charge in [-0.15, -0.1) is 5.54 Å². The van der Waals surface area contributed by atoms with Gasteiger partial charge in [0.25, 0.3) is 0 Å².